The summed E-state index contributed by atoms with van der Waals surface area (Å²) in [5.41, 5.74) is 5.87. The molecule has 0 unspecified atom stereocenters. The van der Waals surface area contributed by atoms with Crippen molar-refractivity contribution in [3.63, 3.8) is 0 Å². The lowest BCUT2D eigenvalue weighted by Crippen LogP contribution is -2.38. The summed E-state index contributed by atoms with van der Waals surface area (Å²) in [5.74, 6) is 0.864. The molecule has 1 aromatic heterocycles. The van der Waals surface area contributed by atoms with E-state index in [2.05, 4.69) is 10.3 Å². The number of anilines is 1. The first-order valence-electron chi connectivity index (χ1n) is 10.6. The van der Waals surface area contributed by atoms with E-state index in [1.807, 2.05) is 50.2 Å². The lowest BCUT2D eigenvalue weighted by molar-refractivity contribution is -0.0390. The van der Waals surface area contributed by atoms with Crippen LogP contribution in [0.15, 0.2) is 53.5 Å². The van der Waals surface area contributed by atoms with Gasteiger partial charge in [0.1, 0.15) is 29.9 Å². The van der Waals surface area contributed by atoms with Crippen molar-refractivity contribution in [1.29, 1.82) is 0 Å². The normalized spacial score (nSPS) is 23.2. The minimum atomic E-state index is -1.28. The van der Waals surface area contributed by atoms with E-state index in [1.165, 1.54) is 12.3 Å². The summed E-state index contributed by atoms with van der Waals surface area (Å²) in [6.45, 7) is 4.69. The van der Waals surface area contributed by atoms with Crippen molar-refractivity contribution in [3.8, 4) is 5.75 Å². The van der Waals surface area contributed by atoms with Gasteiger partial charge in [0.15, 0.2) is 6.23 Å². The van der Waals surface area contributed by atoms with Gasteiger partial charge < -0.3 is 30.7 Å². The highest BCUT2D eigenvalue weighted by Gasteiger charge is 2.43. The molecule has 9 heteroatoms. The van der Waals surface area contributed by atoms with Gasteiger partial charge in [-0.2, -0.15) is 4.98 Å². The Morgan fingerprint density at radius 3 is 2.72 bits per heavy atom. The van der Waals surface area contributed by atoms with E-state index in [0.717, 1.165) is 26.7 Å². The molecular weight excluding hydrogens is 412 g/mol. The Balaban J connectivity index is 1.49. The van der Waals surface area contributed by atoms with Crippen LogP contribution in [0.3, 0.4) is 0 Å². The fourth-order valence-electron chi connectivity index (χ4n) is 3.95. The predicted octanol–water partition coefficient (Wildman–Crippen LogP) is 1.17. The molecule has 0 spiro atoms. The van der Waals surface area contributed by atoms with Crippen LogP contribution in [0, 0.1) is 0 Å². The molecule has 4 atom stereocenters. The van der Waals surface area contributed by atoms with E-state index in [-0.39, 0.29) is 18.5 Å². The first-order valence-corrected chi connectivity index (χ1v) is 10.6. The number of nitrogen functional groups attached to an aromatic ring is 1. The molecule has 5 N–H and O–H groups in total. The Morgan fingerprint density at radius 1 is 1.19 bits per heavy atom. The summed E-state index contributed by atoms with van der Waals surface area (Å²) in [4.78, 5) is 15.8. The van der Waals surface area contributed by atoms with Crippen LogP contribution in [0.25, 0.3) is 10.8 Å². The van der Waals surface area contributed by atoms with Crippen LogP contribution >= 0.6 is 0 Å². The Labute approximate surface area is 185 Å². The van der Waals surface area contributed by atoms with Gasteiger partial charge in [-0.15, -0.1) is 0 Å². The highest BCUT2D eigenvalue weighted by molar-refractivity contribution is 5.87. The highest BCUT2D eigenvalue weighted by atomic mass is 16.6. The van der Waals surface area contributed by atoms with Gasteiger partial charge >= 0.3 is 5.69 Å². The topological polar surface area (TPSA) is 132 Å². The third-order valence-electron chi connectivity index (χ3n) is 5.47. The molecule has 1 fully saturated rings. The zero-order chi connectivity index (χ0) is 22.8. The van der Waals surface area contributed by atoms with Crippen molar-refractivity contribution in [2.24, 2.45) is 0 Å². The first-order chi connectivity index (χ1) is 15.3. The second-order valence-electron chi connectivity index (χ2n) is 8.15. The number of hydrogen-bond acceptors (Lipinski definition) is 8. The second-order valence-corrected chi connectivity index (χ2v) is 8.15. The van der Waals surface area contributed by atoms with Crippen LogP contribution in [0.4, 0.5) is 5.82 Å². The molecule has 0 bridgehead atoms. The number of aliphatic hydroxyl groups excluding tert-OH is 2. The molecule has 1 aliphatic heterocycles. The summed E-state index contributed by atoms with van der Waals surface area (Å²) in [7, 11) is 0. The monoisotopic (exact) mass is 440 g/mol. The number of rotatable bonds is 7. The number of aliphatic hydroxyl groups is 2. The van der Waals surface area contributed by atoms with Crippen molar-refractivity contribution >= 4 is 16.6 Å². The number of nitrogens with two attached hydrogens (primary N) is 1. The van der Waals surface area contributed by atoms with Gasteiger partial charge in [-0.05, 0) is 36.8 Å². The third kappa shape index (κ3) is 4.46. The standard InChI is InChI=1S/C23H28N4O5/c1-13(2)31-17-8-7-14-5-3-4-6-15(14)16(17)11-25-12-18-20(28)21(29)22(32-18)27-10-9-19(24)26-23(27)30/h3-10,13,18,20-22,25,28-29H,11-12H2,1-2H3,(H2,24,26,30)/t18-,20-,21-,22-/m1/s1. The molecule has 3 aromatic rings. The van der Waals surface area contributed by atoms with Crippen LogP contribution in [0.2, 0.25) is 0 Å². The van der Waals surface area contributed by atoms with Crippen molar-refractivity contribution in [3.05, 3.63) is 64.7 Å². The molecule has 0 radical (unpaired) electrons. The van der Waals surface area contributed by atoms with E-state index in [4.69, 9.17) is 15.2 Å². The number of fused-ring (bicyclic) bond motifs is 1. The molecule has 32 heavy (non-hydrogen) atoms. The minimum Gasteiger partial charge on any atom is -0.491 e. The van der Waals surface area contributed by atoms with Gasteiger partial charge in [-0.25, -0.2) is 4.79 Å². The zero-order valence-corrected chi connectivity index (χ0v) is 18.0. The van der Waals surface area contributed by atoms with Gasteiger partial charge in [0.05, 0.1) is 6.10 Å². The number of benzene rings is 2. The largest absolute Gasteiger partial charge is 0.491 e. The number of ether oxygens (including phenoxy) is 2. The number of hydrogen-bond donors (Lipinski definition) is 4. The van der Waals surface area contributed by atoms with Crippen LogP contribution in [-0.4, -0.2) is 50.7 Å². The molecule has 1 aliphatic rings. The molecule has 1 saturated heterocycles. The van der Waals surface area contributed by atoms with Crippen molar-refractivity contribution in [2.75, 3.05) is 12.3 Å². The Hall–Kier alpha value is -2.98. The van der Waals surface area contributed by atoms with E-state index >= 15 is 0 Å². The fourth-order valence-corrected chi connectivity index (χ4v) is 3.95. The summed E-state index contributed by atoms with van der Waals surface area (Å²) in [6, 6.07) is 13.5. The lowest BCUT2D eigenvalue weighted by atomic mass is 10.0. The fraction of sp³-hybridized carbons (Fsp3) is 0.391. The Kier molecular flexibility index (Phi) is 6.43. The Bertz CT molecular complexity index is 1150. The average Bonchev–Trinajstić information content (AvgIpc) is 3.03. The maximum Gasteiger partial charge on any atom is 0.351 e. The molecule has 170 valence electrons. The number of nitrogens with zero attached hydrogens (tertiary/aromatic N) is 2. The smallest absolute Gasteiger partial charge is 0.351 e. The van der Waals surface area contributed by atoms with Crippen LogP contribution in [-0.2, 0) is 11.3 Å². The maximum atomic E-state index is 12.1. The molecular formula is C23H28N4O5. The van der Waals surface area contributed by atoms with Crippen LogP contribution in [0.1, 0.15) is 25.6 Å². The molecule has 4 rings (SSSR count). The maximum absolute atomic E-state index is 12.1. The summed E-state index contributed by atoms with van der Waals surface area (Å²) in [6.07, 6.45) is -2.79. The van der Waals surface area contributed by atoms with Gasteiger partial charge in [0, 0.05) is 24.8 Å². The molecule has 0 aliphatic carbocycles. The molecule has 2 aromatic carbocycles. The van der Waals surface area contributed by atoms with Gasteiger partial charge in [-0.3, -0.25) is 4.57 Å². The average molecular weight is 441 g/mol. The predicted molar refractivity (Wildman–Crippen MR) is 120 cm³/mol. The zero-order valence-electron chi connectivity index (χ0n) is 18.0. The van der Waals surface area contributed by atoms with E-state index < -0.39 is 30.2 Å². The van der Waals surface area contributed by atoms with Crippen LogP contribution < -0.4 is 21.5 Å². The second kappa shape index (κ2) is 9.25. The number of aromatic nitrogens is 2. The summed E-state index contributed by atoms with van der Waals surface area (Å²) in [5, 5.41) is 26.4. The Morgan fingerprint density at radius 2 is 1.97 bits per heavy atom. The minimum absolute atomic E-state index is 0.0256. The molecule has 0 amide bonds. The quantitative estimate of drug-likeness (QED) is 0.431. The van der Waals surface area contributed by atoms with Crippen molar-refractivity contribution < 1.29 is 19.7 Å². The SMILES string of the molecule is CC(C)Oc1ccc2ccccc2c1CNC[C@H]1O[C@@H](n2ccc(N)nc2=O)[C@H](O)[C@@H]1O. The summed E-state index contributed by atoms with van der Waals surface area (Å²) < 4.78 is 12.9. The number of nitrogens with one attached hydrogen (secondary N) is 1. The van der Waals surface area contributed by atoms with Crippen LogP contribution in [0.5, 0.6) is 5.75 Å². The highest BCUT2D eigenvalue weighted by Crippen LogP contribution is 2.30. The van der Waals surface area contributed by atoms with E-state index in [9.17, 15) is 15.0 Å². The molecule has 9 nitrogen and oxygen atoms in total. The van der Waals surface area contributed by atoms with E-state index in [0.29, 0.717) is 6.54 Å². The lowest BCUT2D eigenvalue weighted by Gasteiger charge is -2.19. The molecule has 2 heterocycles. The van der Waals surface area contributed by atoms with Gasteiger partial charge in [0.25, 0.3) is 0 Å². The van der Waals surface area contributed by atoms with Crippen molar-refractivity contribution in [1.82, 2.24) is 14.9 Å². The van der Waals surface area contributed by atoms with Gasteiger partial charge in [-0.1, -0.05) is 30.3 Å². The van der Waals surface area contributed by atoms with Gasteiger partial charge in [0.2, 0.25) is 0 Å². The summed E-state index contributed by atoms with van der Waals surface area (Å²) >= 11 is 0. The molecule has 0 saturated carbocycles. The van der Waals surface area contributed by atoms with Crippen molar-refractivity contribution in [2.45, 2.75) is 51.0 Å². The third-order valence-corrected chi connectivity index (χ3v) is 5.47. The van der Waals surface area contributed by atoms with E-state index in [1.54, 1.807) is 0 Å². The first kappa shape index (κ1) is 22.2.